The average molecular weight is 476 g/mol. The second-order valence-electron chi connectivity index (χ2n) is 8.78. The third-order valence-corrected chi connectivity index (χ3v) is 6.52. The number of nitrogens with zero attached hydrogens (tertiary/aromatic N) is 5. The number of carbonyl (C=O) groups excluding carboxylic acids is 1. The average Bonchev–Trinajstić information content (AvgIpc) is 3.60. The van der Waals surface area contributed by atoms with Crippen LogP contribution in [0.1, 0.15) is 28.0 Å². The predicted octanol–water partition coefficient (Wildman–Crippen LogP) is 1.50. The minimum Gasteiger partial charge on any atom is -0.388 e. The standard InChI is InChI=1S/C24H21FN6O4/c25-16-3-1-2-14(9-26)21(16)17-8-19(22-18(28-17)10-27-23(22)33)31-6-4-20(29-31)30-7-5-24(13-30)34-11-15(32)12-35-24/h1-4,6,8,15,32H,5,7,10-13H2,(H,27,33)/t15-,24+. The van der Waals surface area contributed by atoms with Gasteiger partial charge in [-0.15, -0.1) is 0 Å². The smallest absolute Gasteiger partial charge is 0.255 e. The van der Waals surface area contributed by atoms with E-state index in [2.05, 4.69) is 15.4 Å². The molecule has 3 aromatic rings. The van der Waals surface area contributed by atoms with E-state index < -0.39 is 17.7 Å². The van der Waals surface area contributed by atoms with Crippen molar-refractivity contribution >= 4 is 11.7 Å². The molecule has 2 fully saturated rings. The quantitative estimate of drug-likeness (QED) is 0.583. The lowest BCUT2D eigenvalue weighted by Crippen LogP contribution is -2.48. The molecule has 1 aromatic carbocycles. The highest BCUT2D eigenvalue weighted by Gasteiger charge is 2.44. The molecule has 10 nitrogen and oxygen atoms in total. The Labute approximate surface area is 199 Å². The number of ether oxygens (including phenoxy) is 2. The minimum atomic E-state index is -0.771. The maximum absolute atomic E-state index is 14.7. The summed E-state index contributed by atoms with van der Waals surface area (Å²) in [6.07, 6.45) is 1.73. The zero-order valence-corrected chi connectivity index (χ0v) is 18.6. The second-order valence-corrected chi connectivity index (χ2v) is 8.78. The van der Waals surface area contributed by atoms with Gasteiger partial charge in [-0.2, -0.15) is 10.4 Å². The van der Waals surface area contributed by atoms with Crippen molar-refractivity contribution in [1.29, 1.82) is 5.26 Å². The Morgan fingerprint density at radius 3 is 2.89 bits per heavy atom. The third kappa shape index (κ3) is 3.63. The lowest BCUT2D eigenvalue weighted by Gasteiger charge is -2.35. The molecule has 0 saturated carbocycles. The van der Waals surface area contributed by atoms with Crippen molar-refractivity contribution in [1.82, 2.24) is 20.1 Å². The van der Waals surface area contributed by atoms with Gasteiger partial charge >= 0.3 is 0 Å². The summed E-state index contributed by atoms with van der Waals surface area (Å²) in [5.41, 5.74) is 1.77. The topological polar surface area (TPSA) is 126 Å². The number of carbonyl (C=O) groups is 1. The van der Waals surface area contributed by atoms with Crippen molar-refractivity contribution in [3.05, 3.63) is 59.2 Å². The normalized spacial score (nSPS) is 23.4. The van der Waals surface area contributed by atoms with E-state index in [1.165, 1.54) is 18.2 Å². The van der Waals surface area contributed by atoms with Crippen LogP contribution in [0.2, 0.25) is 0 Å². The number of anilines is 1. The van der Waals surface area contributed by atoms with E-state index in [0.717, 1.165) is 0 Å². The Hall–Kier alpha value is -3.85. The number of aliphatic hydroxyl groups is 1. The molecule has 1 amide bonds. The molecule has 0 atom stereocenters. The molecule has 0 aliphatic carbocycles. The van der Waals surface area contributed by atoms with Crippen LogP contribution in [0.25, 0.3) is 16.9 Å². The first-order valence-electron chi connectivity index (χ1n) is 11.2. The molecule has 5 heterocycles. The highest BCUT2D eigenvalue weighted by molar-refractivity contribution is 6.01. The fourth-order valence-electron chi connectivity index (χ4n) is 4.79. The summed E-state index contributed by atoms with van der Waals surface area (Å²) in [5, 5.41) is 26.6. The number of rotatable bonds is 3. The maximum atomic E-state index is 14.7. The fraction of sp³-hybridized carbons (Fsp3) is 0.333. The number of aromatic nitrogens is 3. The van der Waals surface area contributed by atoms with Gasteiger partial charge in [0.15, 0.2) is 11.6 Å². The van der Waals surface area contributed by atoms with Crippen molar-refractivity contribution in [3.8, 4) is 23.0 Å². The van der Waals surface area contributed by atoms with E-state index in [-0.39, 0.29) is 42.5 Å². The summed E-state index contributed by atoms with van der Waals surface area (Å²) in [4.78, 5) is 19.1. The molecule has 0 radical (unpaired) electrons. The van der Waals surface area contributed by atoms with Gasteiger partial charge in [0.2, 0.25) is 0 Å². The number of hydrogen-bond acceptors (Lipinski definition) is 8. The van der Waals surface area contributed by atoms with E-state index >= 15 is 0 Å². The number of fused-ring (bicyclic) bond motifs is 1. The Morgan fingerprint density at radius 1 is 1.26 bits per heavy atom. The van der Waals surface area contributed by atoms with Crippen molar-refractivity contribution in [2.45, 2.75) is 24.9 Å². The Bertz CT molecular complexity index is 1370. The molecule has 0 bridgehead atoms. The van der Waals surface area contributed by atoms with E-state index in [0.29, 0.717) is 42.3 Å². The lowest BCUT2D eigenvalue weighted by molar-refractivity contribution is -0.280. The Balaban J connectivity index is 1.37. The number of hydrogen-bond donors (Lipinski definition) is 2. The third-order valence-electron chi connectivity index (χ3n) is 6.52. The first kappa shape index (κ1) is 21.7. The molecule has 35 heavy (non-hydrogen) atoms. The summed E-state index contributed by atoms with van der Waals surface area (Å²) >= 11 is 0. The molecule has 6 rings (SSSR count). The van der Waals surface area contributed by atoms with Crippen LogP contribution in [0.5, 0.6) is 0 Å². The van der Waals surface area contributed by atoms with Crippen molar-refractivity contribution in [2.24, 2.45) is 0 Å². The van der Waals surface area contributed by atoms with Gasteiger partial charge in [-0.05, 0) is 18.2 Å². The van der Waals surface area contributed by atoms with Crippen LogP contribution in [0.15, 0.2) is 36.5 Å². The van der Waals surface area contributed by atoms with Gasteiger partial charge in [-0.1, -0.05) is 6.07 Å². The van der Waals surface area contributed by atoms with Gasteiger partial charge in [0.25, 0.3) is 5.91 Å². The van der Waals surface area contributed by atoms with E-state index in [9.17, 15) is 19.6 Å². The van der Waals surface area contributed by atoms with Crippen LogP contribution in [0, 0.1) is 17.1 Å². The second kappa shape index (κ2) is 8.13. The van der Waals surface area contributed by atoms with Gasteiger partial charge < -0.3 is 24.8 Å². The molecule has 178 valence electrons. The van der Waals surface area contributed by atoms with Gasteiger partial charge in [0, 0.05) is 25.2 Å². The SMILES string of the molecule is N#Cc1cccc(F)c1-c1cc(-n2ccc(N3CC[C@]4(C3)OC[C@@H](O)CO4)n2)c2c(n1)CNC2=O. The van der Waals surface area contributed by atoms with Crippen LogP contribution in [-0.4, -0.2) is 64.0 Å². The summed E-state index contributed by atoms with van der Waals surface area (Å²) < 4.78 is 27.9. The van der Waals surface area contributed by atoms with E-state index in [4.69, 9.17) is 9.47 Å². The van der Waals surface area contributed by atoms with E-state index in [1.54, 1.807) is 16.9 Å². The molecule has 3 aliphatic rings. The monoisotopic (exact) mass is 476 g/mol. The maximum Gasteiger partial charge on any atom is 0.255 e. The molecule has 2 saturated heterocycles. The number of benzene rings is 1. The molecule has 1 spiro atoms. The van der Waals surface area contributed by atoms with E-state index in [1.807, 2.05) is 17.0 Å². The largest absolute Gasteiger partial charge is 0.388 e. The van der Waals surface area contributed by atoms with Gasteiger partial charge in [0.1, 0.15) is 11.9 Å². The van der Waals surface area contributed by atoms with Crippen LogP contribution in [0.4, 0.5) is 10.2 Å². The Morgan fingerprint density at radius 2 is 2.09 bits per heavy atom. The lowest BCUT2D eigenvalue weighted by atomic mass is 10.0. The number of nitriles is 1. The zero-order chi connectivity index (χ0) is 24.2. The molecule has 11 heteroatoms. The van der Waals surface area contributed by atoms with Crippen LogP contribution < -0.4 is 10.2 Å². The zero-order valence-electron chi connectivity index (χ0n) is 18.6. The van der Waals surface area contributed by atoms with Gasteiger partial charge in [-0.3, -0.25) is 4.79 Å². The van der Waals surface area contributed by atoms with Crippen LogP contribution >= 0.6 is 0 Å². The van der Waals surface area contributed by atoms with Crippen molar-refractivity contribution in [2.75, 3.05) is 31.2 Å². The fourth-order valence-corrected chi connectivity index (χ4v) is 4.79. The van der Waals surface area contributed by atoms with Gasteiger partial charge in [-0.25, -0.2) is 14.1 Å². The first-order valence-corrected chi connectivity index (χ1v) is 11.2. The van der Waals surface area contributed by atoms with Crippen molar-refractivity contribution < 1.29 is 23.8 Å². The summed E-state index contributed by atoms with van der Waals surface area (Å²) in [6, 6.07) is 9.69. The summed E-state index contributed by atoms with van der Waals surface area (Å²) in [6.45, 7) is 1.76. The number of aliphatic hydroxyl groups excluding tert-OH is 1. The predicted molar refractivity (Wildman–Crippen MR) is 120 cm³/mol. The Kier molecular flexibility index (Phi) is 5.03. The molecule has 0 unspecified atom stereocenters. The molecular formula is C24H21FN6O4. The summed E-state index contributed by atoms with van der Waals surface area (Å²) in [7, 11) is 0. The highest BCUT2D eigenvalue weighted by atomic mass is 19.1. The molecular weight excluding hydrogens is 455 g/mol. The van der Waals surface area contributed by atoms with Crippen molar-refractivity contribution in [3.63, 3.8) is 0 Å². The number of amides is 1. The number of halogens is 1. The minimum absolute atomic E-state index is 0.0843. The first-order chi connectivity index (χ1) is 17.0. The number of nitrogens with one attached hydrogen (secondary N) is 1. The van der Waals surface area contributed by atoms with Gasteiger partial charge in [0.05, 0.1) is 66.1 Å². The highest BCUT2D eigenvalue weighted by Crippen LogP contribution is 2.34. The molecule has 2 aromatic heterocycles. The number of pyridine rings is 1. The molecule has 2 N–H and O–H groups in total. The summed E-state index contributed by atoms with van der Waals surface area (Å²) in [5.74, 6) is -0.968. The van der Waals surface area contributed by atoms with Crippen LogP contribution in [-0.2, 0) is 16.0 Å². The van der Waals surface area contributed by atoms with Crippen LogP contribution in [0.3, 0.4) is 0 Å². The molecule has 3 aliphatic heterocycles.